The van der Waals surface area contributed by atoms with E-state index in [4.69, 9.17) is 10.7 Å². The van der Waals surface area contributed by atoms with Crippen LogP contribution in [0.2, 0.25) is 0 Å². The summed E-state index contributed by atoms with van der Waals surface area (Å²) in [7, 11) is 0. The van der Waals surface area contributed by atoms with Crippen LogP contribution in [0.25, 0.3) is 10.9 Å². The normalized spacial score (nSPS) is 26.0. The number of allylic oxidation sites excluding steroid dienone is 1. The number of hydrogen-bond donors (Lipinski definition) is 1. The zero-order valence-electron chi connectivity index (χ0n) is 16.8. The first-order chi connectivity index (χ1) is 13.6. The van der Waals surface area contributed by atoms with E-state index < -0.39 is 0 Å². The highest BCUT2D eigenvalue weighted by atomic mass is 32.2. The number of thioether (sulfide) groups is 2. The molecule has 2 aromatic rings. The number of anilines is 1. The minimum Gasteiger partial charge on any atom is -0.354 e. The van der Waals surface area contributed by atoms with Gasteiger partial charge in [-0.3, -0.25) is 4.90 Å². The summed E-state index contributed by atoms with van der Waals surface area (Å²) in [6.45, 7) is 8.89. The van der Waals surface area contributed by atoms with Gasteiger partial charge in [0.2, 0.25) is 0 Å². The van der Waals surface area contributed by atoms with E-state index in [0.717, 1.165) is 31.0 Å². The maximum atomic E-state index is 6.18. The zero-order valence-corrected chi connectivity index (χ0v) is 18.4. The van der Waals surface area contributed by atoms with E-state index in [-0.39, 0.29) is 6.04 Å². The number of rotatable bonds is 6. The Morgan fingerprint density at radius 1 is 1.21 bits per heavy atom. The molecular formula is C22H30N4S2. The molecule has 0 spiro atoms. The molecule has 3 atom stereocenters. The van der Waals surface area contributed by atoms with Crippen molar-refractivity contribution in [1.29, 1.82) is 0 Å². The van der Waals surface area contributed by atoms with Crippen LogP contribution >= 0.6 is 23.5 Å². The molecule has 0 aliphatic carbocycles. The highest BCUT2D eigenvalue weighted by Gasteiger charge is 2.26. The lowest BCUT2D eigenvalue weighted by Gasteiger charge is -2.40. The molecule has 1 aromatic carbocycles. The lowest BCUT2D eigenvalue weighted by molar-refractivity contribution is 0.190. The number of fused-ring (bicyclic) bond motifs is 1. The minimum absolute atomic E-state index is 0.215. The van der Waals surface area contributed by atoms with Gasteiger partial charge in [0.1, 0.15) is 5.82 Å². The van der Waals surface area contributed by atoms with Crippen LogP contribution < -0.4 is 10.6 Å². The Bertz CT molecular complexity index is 840. The number of hydrogen-bond acceptors (Lipinski definition) is 6. The van der Waals surface area contributed by atoms with Crippen LogP contribution in [0.1, 0.15) is 20.3 Å². The summed E-state index contributed by atoms with van der Waals surface area (Å²) >= 11 is 3.95. The predicted molar refractivity (Wildman–Crippen MR) is 125 cm³/mol. The van der Waals surface area contributed by atoms with Gasteiger partial charge in [-0.25, -0.2) is 4.98 Å². The van der Waals surface area contributed by atoms with Gasteiger partial charge in [0.15, 0.2) is 0 Å². The monoisotopic (exact) mass is 414 g/mol. The number of aromatic nitrogens is 1. The van der Waals surface area contributed by atoms with E-state index in [1.165, 1.54) is 29.0 Å². The molecule has 4 nitrogen and oxygen atoms in total. The summed E-state index contributed by atoms with van der Waals surface area (Å²) in [6.07, 6.45) is 3.43. The van der Waals surface area contributed by atoms with Crippen molar-refractivity contribution in [2.75, 3.05) is 36.8 Å². The predicted octanol–water partition coefficient (Wildman–Crippen LogP) is 4.17. The molecule has 3 unspecified atom stereocenters. The molecule has 4 rings (SSSR count). The Balaban J connectivity index is 1.24. The highest BCUT2D eigenvalue weighted by molar-refractivity contribution is 8.19. The Hall–Kier alpha value is -1.21. The van der Waals surface area contributed by atoms with Crippen LogP contribution in [0.15, 0.2) is 47.4 Å². The molecule has 6 heteroatoms. The number of nitrogens with two attached hydrogens (primary N) is 1. The van der Waals surface area contributed by atoms with Crippen molar-refractivity contribution >= 4 is 40.2 Å². The quantitative estimate of drug-likeness (QED) is 0.716. The van der Waals surface area contributed by atoms with Gasteiger partial charge >= 0.3 is 0 Å². The molecular weight excluding hydrogens is 384 g/mol. The first-order valence-electron chi connectivity index (χ1n) is 10.2. The molecule has 0 bridgehead atoms. The van der Waals surface area contributed by atoms with Crippen LogP contribution in [0.4, 0.5) is 5.82 Å². The molecule has 0 amide bonds. The topological polar surface area (TPSA) is 45.4 Å². The van der Waals surface area contributed by atoms with Crippen molar-refractivity contribution in [3.63, 3.8) is 0 Å². The third-order valence-electron chi connectivity index (χ3n) is 5.59. The average Bonchev–Trinajstić information content (AvgIpc) is 3.02. The Morgan fingerprint density at radius 3 is 2.86 bits per heavy atom. The second-order valence-electron chi connectivity index (χ2n) is 7.76. The Labute approximate surface area is 176 Å². The van der Waals surface area contributed by atoms with Crippen LogP contribution in [-0.2, 0) is 0 Å². The van der Waals surface area contributed by atoms with Gasteiger partial charge in [-0.05, 0) is 55.7 Å². The van der Waals surface area contributed by atoms with Crippen molar-refractivity contribution < 1.29 is 0 Å². The molecule has 2 aliphatic heterocycles. The summed E-state index contributed by atoms with van der Waals surface area (Å²) in [5, 5.41) is 1.21. The van der Waals surface area contributed by atoms with Gasteiger partial charge in [-0.1, -0.05) is 24.3 Å². The van der Waals surface area contributed by atoms with Crippen molar-refractivity contribution in [3.8, 4) is 0 Å². The summed E-state index contributed by atoms with van der Waals surface area (Å²) in [4.78, 5) is 11.3. The number of piperazine rings is 1. The second-order valence-corrected chi connectivity index (χ2v) is 10.7. The first kappa shape index (κ1) is 20.1. The summed E-state index contributed by atoms with van der Waals surface area (Å²) in [6, 6.07) is 13.5. The van der Waals surface area contributed by atoms with Crippen LogP contribution in [0.3, 0.4) is 0 Å². The average molecular weight is 415 g/mol. The van der Waals surface area contributed by atoms with E-state index in [1.54, 1.807) is 0 Å². The van der Waals surface area contributed by atoms with Crippen LogP contribution in [0, 0.1) is 0 Å². The van der Waals surface area contributed by atoms with Gasteiger partial charge in [0, 0.05) is 37.1 Å². The van der Waals surface area contributed by atoms with E-state index in [9.17, 15) is 0 Å². The SMILES string of the molecule is CC1=CC(N)C(SCCCN2CCN(c3ccc4ccccc4n3)CC2C)S1. The number of pyridine rings is 1. The van der Waals surface area contributed by atoms with E-state index in [2.05, 4.69) is 66.1 Å². The second kappa shape index (κ2) is 9.08. The van der Waals surface area contributed by atoms with Crippen molar-refractivity contribution in [1.82, 2.24) is 9.88 Å². The largest absolute Gasteiger partial charge is 0.354 e. The van der Waals surface area contributed by atoms with Crippen LogP contribution in [0.5, 0.6) is 0 Å². The fourth-order valence-electron chi connectivity index (χ4n) is 4.03. The van der Waals surface area contributed by atoms with Gasteiger partial charge in [0.05, 0.1) is 10.1 Å². The van der Waals surface area contributed by atoms with Crippen LogP contribution in [-0.4, -0.2) is 58.5 Å². The molecule has 2 N–H and O–H groups in total. The standard InChI is InChI=1S/C22H30N4S2/c1-16-15-26(21-9-8-18-6-3-4-7-20(18)24-21)12-11-25(16)10-5-13-27-22-19(23)14-17(2)28-22/h3-4,6-9,14,16,19,22H,5,10-13,15,23H2,1-2H3. The number of para-hydroxylation sites is 1. The Morgan fingerprint density at radius 2 is 2.07 bits per heavy atom. The molecule has 2 aliphatic rings. The smallest absolute Gasteiger partial charge is 0.129 e. The highest BCUT2D eigenvalue weighted by Crippen LogP contribution is 2.38. The number of nitrogens with zero attached hydrogens (tertiary/aromatic N) is 3. The molecule has 1 fully saturated rings. The molecule has 0 radical (unpaired) electrons. The van der Waals surface area contributed by atoms with E-state index >= 15 is 0 Å². The third kappa shape index (κ3) is 4.67. The fraction of sp³-hybridized carbons (Fsp3) is 0.500. The first-order valence-corrected chi connectivity index (χ1v) is 12.1. The van der Waals surface area contributed by atoms with Gasteiger partial charge in [-0.2, -0.15) is 0 Å². The zero-order chi connectivity index (χ0) is 19.5. The van der Waals surface area contributed by atoms with Crippen molar-refractivity contribution in [2.24, 2.45) is 5.73 Å². The van der Waals surface area contributed by atoms with Gasteiger partial charge in [0.25, 0.3) is 0 Å². The summed E-state index contributed by atoms with van der Waals surface area (Å²) < 4.78 is 0.508. The van der Waals surface area contributed by atoms with E-state index in [1.807, 2.05) is 23.5 Å². The van der Waals surface area contributed by atoms with Gasteiger partial charge in [-0.15, -0.1) is 23.5 Å². The maximum absolute atomic E-state index is 6.18. The molecule has 28 heavy (non-hydrogen) atoms. The van der Waals surface area contributed by atoms with Crippen molar-refractivity contribution in [3.05, 3.63) is 47.4 Å². The maximum Gasteiger partial charge on any atom is 0.129 e. The Kier molecular flexibility index (Phi) is 6.51. The lowest BCUT2D eigenvalue weighted by Crippen LogP contribution is -2.52. The molecule has 3 heterocycles. The van der Waals surface area contributed by atoms with Gasteiger partial charge < -0.3 is 10.6 Å². The van der Waals surface area contributed by atoms with Crippen molar-refractivity contribution in [2.45, 2.75) is 36.9 Å². The molecule has 1 aromatic heterocycles. The molecule has 0 saturated carbocycles. The summed E-state index contributed by atoms with van der Waals surface area (Å²) in [5.74, 6) is 2.29. The van der Waals surface area contributed by atoms with E-state index in [0.29, 0.717) is 10.6 Å². The molecule has 150 valence electrons. The lowest BCUT2D eigenvalue weighted by atomic mass is 10.1. The molecule has 1 saturated heterocycles. The third-order valence-corrected chi connectivity index (χ3v) is 8.51. The summed E-state index contributed by atoms with van der Waals surface area (Å²) in [5.41, 5.74) is 7.26. The fourth-order valence-corrected chi connectivity index (χ4v) is 6.71. The number of benzene rings is 1. The minimum atomic E-state index is 0.215.